The Morgan fingerprint density at radius 2 is 1.59 bits per heavy atom. The summed E-state index contributed by atoms with van der Waals surface area (Å²) in [6, 6.07) is 7.78. The SMILES string of the molecule is CCCCCCCCCCCCCCCCNC(=O)CNc1cccc(OCC2CCCO2)c1. The summed E-state index contributed by atoms with van der Waals surface area (Å²) in [6.07, 6.45) is 21.3. The highest BCUT2D eigenvalue weighted by molar-refractivity contribution is 5.80. The summed E-state index contributed by atoms with van der Waals surface area (Å²) >= 11 is 0. The predicted octanol–water partition coefficient (Wildman–Crippen LogP) is 7.25. The van der Waals surface area contributed by atoms with Gasteiger partial charge in [0.25, 0.3) is 0 Å². The normalized spacial score (nSPS) is 15.4. The Kier molecular flexibility index (Phi) is 16.4. The molecule has 1 aromatic rings. The molecule has 194 valence electrons. The molecule has 1 aliphatic rings. The van der Waals surface area contributed by atoms with E-state index in [-0.39, 0.29) is 18.6 Å². The third-order valence-corrected chi connectivity index (χ3v) is 6.60. The van der Waals surface area contributed by atoms with E-state index in [0.29, 0.717) is 6.61 Å². The van der Waals surface area contributed by atoms with E-state index in [4.69, 9.17) is 9.47 Å². The number of ether oxygens (including phenoxy) is 2. The fraction of sp³-hybridized carbons (Fsp3) is 0.759. The summed E-state index contributed by atoms with van der Waals surface area (Å²) in [5, 5.41) is 6.22. The molecule has 1 fully saturated rings. The van der Waals surface area contributed by atoms with Crippen LogP contribution < -0.4 is 15.4 Å². The average molecular weight is 475 g/mol. The van der Waals surface area contributed by atoms with Crippen LogP contribution in [-0.2, 0) is 9.53 Å². The lowest BCUT2D eigenvalue weighted by Gasteiger charge is -2.13. The molecule has 0 spiro atoms. The number of hydrogen-bond acceptors (Lipinski definition) is 4. The molecule has 5 nitrogen and oxygen atoms in total. The summed E-state index contributed by atoms with van der Waals surface area (Å²) in [6.45, 7) is 4.75. The second kappa shape index (κ2) is 19.5. The van der Waals surface area contributed by atoms with Crippen LogP contribution in [0.3, 0.4) is 0 Å². The molecule has 1 unspecified atom stereocenters. The first-order chi connectivity index (χ1) is 16.8. The van der Waals surface area contributed by atoms with Gasteiger partial charge in [0.2, 0.25) is 5.91 Å². The molecule has 1 atom stereocenters. The number of nitrogens with one attached hydrogen (secondary N) is 2. The van der Waals surface area contributed by atoms with Crippen molar-refractivity contribution in [2.75, 3.05) is 31.6 Å². The number of unbranched alkanes of at least 4 members (excludes halogenated alkanes) is 13. The van der Waals surface area contributed by atoms with E-state index < -0.39 is 0 Å². The van der Waals surface area contributed by atoms with Gasteiger partial charge in [0, 0.05) is 24.9 Å². The minimum Gasteiger partial charge on any atom is -0.491 e. The van der Waals surface area contributed by atoms with Gasteiger partial charge in [0.05, 0.1) is 12.6 Å². The Labute approximate surface area is 208 Å². The third-order valence-electron chi connectivity index (χ3n) is 6.60. The molecule has 0 aliphatic carbocycles. The van der Waals surface area contributed by atoms with Crippen LogP contribution in [0, 0.1) is 0 Å². The molecule has 1 aliphatic heterocycles. The minimum atomic E-state index is 0.0420. The molecule has 1 aromatic carbocycles. The van der Waals surface area contributed by atoms with Crippen molar-refractivity contribution in [1.82, 2.24) is 5.32 Å². The van der Waals surface area contributed by atoms with E-state index in [1.807, 2.05) is 24.3 Å². The van der Waals surface area contributed by atoms with Crippen molar-refractivity contribution in [3.8, 4) is 5.75 Å². The number of hydrogen-bond donors (Lipinski definition) is 2. The van der Waals surface area contributed by atoms with Crippen molar-refractivity contribution in [2.45, 2.75) is 116 Å². The van der Waals surface area contributed by atoms with Gasteiger partial charge in [-0.2, -0.15) is 0 Å². The van der Waals surface area contributed by atoms with Crippen LogP contribution in [0.5, 0.6) is 5.75 Å². The first-order valence-corrected chi connectivity index (χ1v) is 14.1. The molecule has 5 heteroatoms. The zero-order valence-corrected chi connectivity index (χ0v) is 21.8. The molecule has 1 heterocycles. The summed E-state index contributed by atoms with van der Waals surface area (Å²) in [5.74, 6) is 0.851. The Hall–Kier alpha value is -1.75. The number of anilines is 1. The van der Waals surface area contributed by atoms with Crippen molar-refractivity contribution >= 4 is 11.6 Å². The van der Waals surface area contributed by atoms with Gasteiger partial charge in [-0.25, -0.2) is 0 Å². The number of benzene rings is 1. The third kappa shape index (κ3) is 14.5. The van der Waals surface area contributed by atoms with Gasteiger partial charge < -0.3 is 20.1 Å². The van der Waals surface area contributed by atoms with Gasteiger partial charge in [-0.3, -0.25) is 4.79 Å². The lowest BCUT2D eigenvalue weighted by atomic mass is 10.0. The lowest BCUT2D eigenvalue weighted by Crippen LogP contribution is -2.30. The second-order valence-electron chi connectivity index (χ2n) is 9.77. The van der Waals surface area contributed by atoms with Gasteiger partial charge in [0.1, 0.15) is 12.4 Å². The van der Waals surface area contributed by atoms with Crippen molar-refractivity contribution in [2.24, 2.45) is 0 Å². The first-order valence-electron chi connectivity index (χ1n) is 14.1. The van der Waals surface area contributed by atoms with Crippen LogP contribution >= 0.6 is 0 Å². The van der Waals surface area contributed by atoms with Gasteiger partial charge in [-0.15, -0.1) is 0 Å². The lowest BCUT2D eigenvalue weighted by molar-refractivity contribution is -0.119. The maximum Gasteiger partial charge on any atom is 0.239 e. The van der Waals surface area contributed by atoms with E-state index in [9.17, 15) is 4.79 Å². The standard InChI is InChI=1S/C29H50N2O3/c1-2-3-4-5-6-7-8-9-10-11-12-13-14-15-21-30-29(32)24-31-26-18-16-19-27(23-26)34-25-28-20-17-22-33-28/h16,18-19,23,28,31H,2-15,17,20-22,24-25H2,1H3,(H,30,32). The molecule has 2 N–H and O–H groups in total. The highest BCUT2D eigenvalue weighted by atomic mass is 16.5. The van der Waals surface area contributed by atoms with E-state index >= 15 is 0 Å². The Morgan fingerprint density at radius 1 is 0.941 bits per heavy atom. The molecule has 0 bridgehead atoms. The van der Waals surface area contributed by atoms with E-state index in [1.54, 1.807) is 0 Å². The van der Waals surface area contributed by atoms with Crippen LogP contribution in [0.15, 0.2) is 24.3 Å². The van der Waals surface area contributed by atoms with Crippen molar-refractivity contribution in [1.29, 1.82) is 0 Å². The van der Waals surface area contributed by atoms with Crippen LogP contribution in [0.25, 0.3) is 0 Å². The van der Waals surface area contributed by atoms with Crippen LogP contribution in [-0.4, -0.2) is 38.3 Å². The highest BCUT2D eigenvalue weighted by Crippen LogP contribution is 2.19. The molecule has 0 aromatic heterocycles. The first kappa shape index (κ1) is 28.5. The topological polar surface area (TPSA) is 59.6 Å². The van der Waals surface area contributed by atoms with Crippen molar-refractivity contribution in [3.63, 3.8) is 0 Å². The smallest absolute Gasteiger partial charge is 0.239 e. The molecular formula is C29H50N2O3. The van der Waals surface area contributed by atoms with Crippen LogP contribution in [0.4, 0.5) is 5.69 Å². The molecule has 1 saturated heterocycles. The molecule has 34 heavy (non-hydrogen) atoms. The predicted molar refractivity (Wildman–Crippen MR) is 143 cm³/mol. The van der Waals surface area contributed by atoms with Gasteiger partial charge in [-0.05, 0) is 31.4 Å². The molecule has 2 rings (SSSR count). The largest absolute Gasteiger partial charge is 0.491 e. The molecular weight excluding hydrogens is 424 g/mol. The van der Waals surface area contributed by atoms with Crippen LogP contribution in [0.2, 0.25) is 0 Å². The number of rotatable bonds is 21. The second-order valence-corrected chi connectivity index (χ2v) is 9.77. The van der Waals surface area contributed by atoms with E-state index in [2.05, 4.69) is 17.6 Å². The maximum absolute atomic E-state index is 12.1. The maximum atomic E-state index is 12.1. The van der Waals surface area contributed by atoms with Gasteiger partial charge in [-0.1, -0.05) is 96.5 Å². The Balaban J connectivity index is 1.37. The summed E-state index contributed by atoms with van der Waals surface area (Å²) < 4.78 is 11.4. The van der Waals surface area contributed by atoms with E-state index in [1.165, 1.54) is 83.5 Å². The zero-order chi connectivity index (χ0) is 24.1. The molecule has 0 saturated carbocycles. The highest BCUT2D eigenvalue weighted by Gasteiger charge is 2.16. The minimum absolute atomic E-state index is 0.0420. The summed E-state index contributed by atoms with van der Waals surface area (Å²) in [4.78, 5) is 12.1. The van der Waals surface area contributed by atoms with Crippen molar-refractivity contribution in [3.05, 3.63) is 24.3 Å². The average Bonchev–Trinajstić information content (AvgIpc) is 3.38. The monoisotopic (exact) mass is 474 g/mol. The van der Waals surface area contributed by atoms with Crippen LogP contribution in [0.1, 0.15) is 110 Å². The van der Waals surface area contributed by atoms with Gasteiger partial charge in [0.15, 0.2) is 0 Å². The Morgan fingerprint density at radius 3 is 2.21 bits per heavy atom. The number of carbonyl (C=O) groups is 1. The molecule has 0 radical (unpaired) electrons. The van der Waals surface area contributed by atoms with E-state index in [0.717, 1.165) is 43.9 Å². The van der Waals surface area contributed by atoms with Crippen molar-refractivity contribution < 1.29 is 14.3 Å². The zero-order valence-electron chi connectivity index (χ0n) is 21.8. The quantitative estimate of drug-likeness (QED) is 0.184. The van der Waals surface area contributed by atoms with Gasteiger partial charge >= 0.3 is 0 Å². The summed E-state index contributed by atoms with van der Waals surface area (Å²) in [5.41, 5.74) is 0.900. The molecule has 1 amide bonds. The fourth-order valence-corrected chi connectivity index (χ4v) is 4.45. The number of carbonyl (C=O) groups excluding carboxylic acids is 1. The number of amides is 1. The Bertz CT molecular complexity index is 632. The summed E-state index contributed by atoms with van der Waals surface area (Å²) in [7, 11) is 0. The fourth-order valence-electron chi connectivity index (χ4n) is 4.45.